The third-order valence-electron chi connectivity index (χ3n) is 7.17. The molecule has 2 aliphatic heterocycles. The molecular weight excluding hydrogens is 638 g/mol. The summed E-state index contributed by atoms with van der Waals surface area (Å²) in [5.74, 6) is 0.319. The fourth-order valence-corrected chi connectivity index (χ4v) is 6.17. The number of nitrogens with one attached hydrogen (secondary N) is 3. The first-order valence-corrected chi connectivity index (χ1v) is 15.8. The maximum Gasteiger partial charge on any atom is 0.408 e. The van der Waals surface area contributed by atoms with Crippen molar-refractivity contribution in [3.63, 3.8) is 0 Å². The van der Waals surface area contributed by atoms with Gasteiger partial charge in [-0.05, 0) is 70.7 Å². The van der Waals surface area contributed by atoms with Crippen molar-refractivity contribution < 1.29 is 23.8 Å². The predicted octanol–water partition coefficient (Wildman–Crippen LogP) is 5.18. The Labute approximate surface area is 262 Å². The van der Waals surface area contributed by atoms with Gasteiger partial charge in [0.2, 0.25) is 11.0 Å². The standard InChI is InChI=1S/C29H36BrN7O5S/c1-17(33-28(39)42-29(2,3)4)25(38)36-12-9-18(10-13-36)11-14-37-16-32-23(31)22-24(37)35-27(34-22)43-21-15-40-26(41-21)19-7-5-6-8-20(19)30/h5-8,15-18,26,31H,9-14H2,1-4H3,(H,33,39)(H,34,35)/t17-,26?/m0/s1. The first-order valence-electron chi connectivity index (χ1n) is 14.2. The van der Waals surface area contributed by atoms with Crippen LogP contribution in [0, 0.1) is 11.3 Å². The molecule has 3 aromatic rings. The summed E-state index contributed by atoms with van der Waals surface area (Å²) >= 11 is 4.82. The number of ether oxygens (including phenoxy) is 3. The zero-order chi connectivity index (χ0) is 30.7. The van der Waals surface area contributed by atoms with Crippen molar-refractivity contribution >= 4 is 50.9 Å². The number of hydrogen-bond donors (Lipinski definition) is 3. The number of likely N-dealkylation sites (tertiary alicyclic amines) is 1. The fourth-order valence-electron chi connectivity index (χ4n) is 4.98. The number of imidazole rings is 1. The minimum absolute atomic E-state index is 0.105. The molecule has 14 heteroatoms. The van der Waals surface area contributed by atoms with Gasteiger partial charge in [0.05, 0.1) is 6.33 Å². The van der Waals surface area contributed by atoms with Gasteiger partial charge in [-0.25, -0.2) is 14.8 Å². The van der Waals surface area contributed by atoms with Gasteiger partial charge in [-0.3, -0.25) is 10.2 Å². The molecule has 2 atom stereocenters. The Hall–Kier alpha value is -3.52. The predicted molar refractivity (Wildman–Crippen MR) is 163 cm³/mol. The Morgan fingerprint density at radius 2 is 2.02 bits per heavy atom. The molecular formula is C29H36BrN7O5S. The zero-order valence-corrected chi connectivity index (χ0v) is 27.0. The number of alkyl carbamates (subject to hydrolysis) is 1. The maximum absolute atomic E-state index is 12.9. The number of carbonyl (C=O) groups is 2. The second-order valence-electron chi connectivity index (χ2n) is 11.6. The number of benzene rings is 1. The number of piperidine rings is 1. The summed E-state index contributed by atoms with van der Waals surface area (Å²) in [5, 5.41) is 12.1. The van der Waals surface area contributed by atoms with E-state index in [2.05, 4.69) is 31.2 Å². The van der Waals surface area contributed by atoms with E-state index >= 15 is 0 Å². The Bertz CT molecular complexity index is 1580. The van der Waals surface area contributed by atoms with Crippen LogP contribution in [-0.2, 0) is 25.5 Å². The van der Waals surface area contributed by atoms with Crippen molar-refractivity contribution in [2.45, 2.75) is 76.6 Å². The minimum Gasteiger partial charge on any atom is -0.454 e. The lowest BCUT2D eigenvalue weighted by Gasteiger charge is -2.34. The molecule has 1 fully saturated rings. The Balaban J connectivity index is 1.14. The number of aromatic amines is 1. The molecule has 0 aliphatic carbocycles. The summed E-state index contributed by atoms with van der Waals surface area (Å²) in [6.07, 6.45) is 4.70. The van der Waals surface area contributed by atoms with E-state index in [1.54, 1.807) is 40.3 Å². The highest BCUT2D eigenvalue weighted by Gasteiger charge is 2.29. The Kier molecular flexibility index (Phi) is 9.35. The molecule has 5 rings (SSSR count). The van der Waals surface area contributed by atoms with E-state index in [4.69, 9.17) is 24.6 Å². The van der Waals surface area contributed by atoms with Gasteiger partial charge in [0, 0.05) is 29.7 Å². The van der Waals surface area contributed by atoms with E-state index in [1.807, 2.05) is 33.7 Å². The molecule has 0 saturated carbocycles. The van der Waals surface area contributed by atoms with Crippen LogP contribution in [0.5, 0.6) is 0 Å². The lowest BCUT2D eigenvalue weighted by Crippen LogP contribution is -2.50. The van der Waals surface area contributed by atoms with Crippen molar-refractivity contribution in [2.24, 2.45) is 5.92 Å². The summed E-state index contributed by atoms with van der Waals surface area (Å²) in [7, 11) is 0. The average Bonchev–Trinajstić information content (AvgIpc) is 3.60. The summed E-state index contributed by atoms with van der Waals surface area (Å²) in [6, 6.07) is 7.07. The fraction of sp³-hybridized carbons (Fsp3) is 0.483. The molecule has 43 heavy (non-hydrogen) atoms. The number of carbonyl (C=O) groups excluding carboxylic acids is 2. The molecule has 1 aromatic carbocycles. The Morgan fingerprint density at radius 3 is 2.74 bits per heavy atom. The van der Waals surface area contributed by atoms with Crippen molar-refractivity contribution in [1.82, 2.24) is 29.7 Å². The van der Waals surface area contributed by atoms with Gasteiger partial charge in [0.15, 0.2) is 16.3 Å². The van der Waals surface area contributed by atoms with Gasteiger partial charge in [-0.1, -0.05) is 34.1 Å². The molecule has 230 valence electrons. The van der Waals surface area contributed by atoms with Crippen LogP contribution in [0.4, 0.5) is 4.79 Å². The number of fused-ring (bicyclic) bond motifs is 1. The van der Waals surface area contributed by atoms with E-state index < -0.39 is 24.0 Å². The van der Waals surface area contributed by atoms with Crippen LogP contribution in [0.3, 0.4) is 0 Å². The number of nitrogens with zero attached hydrogens (tertiary/aromatic N) is 4. The normalized spacial score (nSPS) is 18.1. The summed E-state index contributed by atoms with van der Waals surface area (Å²) in [4.78, 5) is 39.0. The molecule has 0 bridgehead atoms. The Morgan fingerprint density at radius 1 is 1.28 bits per heavy atom. The molecule has 3 N–H and O–H groups in total. The SMILES string of the molecule is C[C@H](NC(=O)OC(C)(C)C)C(=O)N1CCC(CCn2cnc(=N)c3[nH]c(SC4=COC(c5ccccc5Br)O4)nc32)CC1. The number of amides is 2. The van der Waals surface area contributed by atoms with Crippen LogP contribution in [0.1, 0.15) is 58.8 Å². The summed E-state index contributed by atoms with van der Waals surface area (Å²) < 4.78 is 19.8. The van der Waals surface area contributed by atoms with Crippen LogP contribution < -0.4 is 10.8 Å². The van der Waals surface area contributed by atoms with Crippen molar-refractivity contribution in [3.05, 3.63) is 57.5 Å². The van der Waals surface area contributed by atoms with Gasteiger partial charge in [-0.15, -0.1) is 0 Å². The van der Waals surface area contributed by atoms with Crippen LogP contribution >= 0.6 is 27.7 Å². The van der Waals surface area contributed by atoms with Gasteiger partial charge < -0.3 is 34.0 Å². The highest BCUT2D eigenvalue weighted by Crippen LogP contribution is 2.39. The van der Waals surface area contributed by atoms with E-state index in [-0.39, 0.29) is 11.4 Å². The molecule has 2 amide bonds. The molecule has 0 radical (unpaired) electrons. The highest BCUT2D eigenvalue weighted by atomic mass is 79.9. The number of hydrogen-bond acceptors (Lipinski definition) is 9. The second kappa shape index (κ2) is 13.0. The number of H-pyrrole nitrogens is 1. The third-order valence-corrected chi connectivity index (χ3v) is 8.68. The minimum atomic E-state index is -0.653. The average molecular weight is 675 g/mol. The first-order chi connectivity index (χ1) is 20.5. The van der Waals surface area contributed by atoms with Crippen LogP contribution in [-0.4, -0.2) is 61.2 Å². The van der Waals surface area contributed by atoms with Gasteiger partial charge in [-0.2, -0.15) is 0 Å². The quantitative estimate of drug-likeness (QED) is 0.296. The van der Waals surface area contributed by atoms with E-state index in [0.717, 1.165) is 29.3 Å². The smallest absolute Gasteiger partial charge is 0.408 e. The summed E-state index contributed by atoms with van der Waals surface area (Å²) in [5.41, 5.74) is 1.59. The van der Waals surface area contributed by atoms with Crippen LogP contribution in [0.2, 0.25) is 0 Å². The summed E-state index contributed by atoms with van der Waals surface area (Å²) in [6.45, 7) is 8.99. The third kappa shape index (κ3) is 7.71. The van der Waals surface area contributed by atoms with Crippen molar-refractivity contribution in [2.75, 3.05) is 13.1 Å². The molecule has 1 saturated heterocycles. The maximum atomic E-state index is 12.9. The van der Waals surface area contributed by atoms with Gasteiger partial charge >= 0.3 is 6.09 Å². The van der Waals surface area contributed by atoms with E-state index in [9.17, 15) is 9.59 Å². The molecule has 2 aromatic heterocycles. The molecule has 4 heterocycles. The highest BCUT2D eigenvalue weighted by molar-refractivity contribution is 9.10. The van der Waals surface area contributed by atoms with Crippen LogP contribution in [0.25, 0.3) is 11.2 Å². The molecule has 0 spiro atoms. The number of rotatable bonds is 8. The van der Waals surface area contributed by atoms with Crippen LogP contribution in [0.15, 0.2) is 51.6 Å². The number of aromatic nitrogens is 4. The largest absolute Gasteiger partial charge is 0.454 e. The van der Waals surface area contributed by atoms with Gasteiger partial charge in [0.25, 0.3) is 6.29 Å². The number of halogens is 1. The van der Waals surface area contributed by atoms with Crippen molar-refractivity contribution in [1.29, 1.82) is 5.41 Å². The number of aryl methyl sites for hydroxylation is 1. The number of thioether (sulfide) groups is 1. The first kappa shape index (κ1) is 30.9. The lowest BCUT2D eigenvalue weighted by molar-refractivity contribution is -0.134. The lowest BCUT2D eigenvalue weighted by atomic mass is 9.93. The monoisotopic (exact) mass is 673 g/mol. The zero-order valence-electron chi connectivity index (χ0n) is 24.6. The molecule has 1 unspecified atom stereocenters. The van der Waals surface area contributed by atoms with E-state index in [1.165, 1.54) is 11.8 Å². The molecule has 12 nitrogen and oxygen atoms in total. The topological polar surface area (TPSA) is 147 Å². The molecule has 2 aliphatic rings. The second-order valence-corrected chi connectivity index (χ2v) is 13.4. The van der Waals surface area contributed by atoms with Crippen molar-refractivity contribution in [3.8, 4) is 0 Å². The van der Waals surface area contributed by atoms with Gasteiger partial charge in [0.1, 0.15) is 23.4 Å². The van der Waals surface area contributed by atoms with E-state index in [0.29, 0.717) is 47.0 Å².